The summed E-state index contributed by atoms with van der Waals surface area (Å²) in [7, 11) is 1.62. The van der Waals surface area contributed by atoms with Gasteiger partial charge in [0.25, 0.3) is 0 Å². The summed E-state index contributed by atoms with van der Waals surface area (Å²) in [5.74, 6) is 1.36. The minimum absolute atomic E-state index is 0.0481. The predicted molar refractivity (Wildman–Crippen MR) is 123 cm³/mol. The van der Waals surface area contributed by atoms with Gasteiger partial charge in [-0.25, -0.2) is 4.79 Å². The standard InChI is InChI=1S/C22H27Cl2N3O4/c1-3-31-20-7-4-15(12-21(20)29-2)19(27-8-10-30-11-9-27)14-25-22(28)26-16-5-6-17(23)18(24)13-16/h4-7,12-13,19H,3,8-11,14H2,1-2H3,(H2,25,26,28)/t19-/m0/s1. The molecule has 1 heterocycles. The molecule has 0 unspecified atom stereocenters. The smallest absolute Gasteiger partial charge is 0.319 e. The molecular weight excluding hydrogens is 441 g/mol. The highest BCUT2D eigenvalue weighted by molar-refractivity contribution is 6.42. The Morgan fingerprint density at radius 1 is 1.13 bits per heavy atom. The summed E-state index contributed by atoms with van der Waals surface area (Å²) in [6.45, 7) is 5.75. The SMILES string of the molecule is CCOc1ccc([C@H](CNC(=O)Nc2ccc(Cl)c(Cl)c2)N2CCOCC2)cc1OC. The molecule has 1 saturated heterocycles. The summed E-state index contributed by atoms with van der Waals surface area (Å²) in [6.07, 6.45) is 0. The van der Waals surface area contributed by atoms with Crippen LogP contribution in [0.4, 0.5) is 10.5 Å². The number of urea groups is 1. The van der Waals surface area contributed by atoms with E-state index in [1.807, 2.05) is 25.1 Å². The number of benzene rings is 2. The first-order chi connectivity index (χ1) is 15.0. The third kappa shape index (κ3) is 6.40. The molecule has 7 nitrogen and oxygen atoms in total. The molecule has 0 bridgehead atoms. The Labute approximate surface area is 192 Å². The van der Waals surface area contributed by atoms with E-state index in [1.165, 1.54) is 0 Å². The van der Waals surface area contributed by atoms with Gasteiger partial charge in [0.05, 0.1) is 43.0 Å². The van der Waals surface area contributed by atoms with Crippen LogP contribution in [-0.4, -0.2) is 57.5 Å². The van der Waals surface area contributed by atoms with Crippen LogP contribution < -0.4 is 20.1 Å². The van der Waals surface area contributed by atoms with E-state index in [9.17, 15) is 4.79 Å². The average molecular weight is 468 g/mol. The minimum atomic E-state index is -0.324. The number of carbonyl (C=O) groups is 1. The van der Waals surface area contributed by atoms with Crippen molar-refractivity contribution in [3.63, 3.8) is 0 Å². The normalized spacial score (nSPS) is 15.2. The van der Waals surface area contributed by atoms with Crippen LogP contribution in [0.25, 0.3) is 0 Å². The number of rotatable bonds is 8. The first kappa shape index (κ1) is 23.5. The van der Waals surface area contributed by atoms with Crippen LogP contribution in [0, 0.1) is 0 Å². The van der Waals surface area contributed by atoms with E-state index in [4.69, 9.17) is 37.4 Å². The fraction of sp³-hybridized carbons (Fsp3) is 0.409. The zero-order valence-corrected chi connectivity index (χ0v) is 19.1. The Morgan fingerprint density at radius 3 is 2.58 bits per heavy atom. The number of hydrogen-bond donors (Lipinski definition) is 2. The van der Waals surface area contributed by atoms with Gasteiger partial charge in [0.2, 0.25) is 0 Å². The van der Waals surface area contributed by atoms with Crippen LogP contribution in [0.1, 0.15) is 18.5 Å². The highest BCUT2D eigenvalue weighted by atomic mass is 35.5. The van der Waals surface area contributed by atoms with Gasteiger partial charge in [0.15, 0.2) is 11.5 Å². The Kier molecular flexibility index (Phi) is 8.66. The molecule has 0 aromatic heterocycles. The molecule has 0 saturated carbocycles. The molecule has 0 radical (unpaired) electrons. The largest absolute Gasteiger partial charge is 0.493 e. The second-order valence-electron chi connectivity index (χ2n) is 6.97. The van der Waals surface area contributed by atoms with Gasteiger partial charge in [0, 0.05) is 25.3 Å². The highest BCUT2D eigenvalue weighted by Crippen LogP contribution is 2.32. The third-order valence-corrected chi connectivity index (χ3v) is 5.73. The maximum atomic E-state index is 12.5. The number of nitrogens with one attached hydrogen (secondary N) is 2. The lowest BCUT2D eigenvalue weighted by Crippen LogP contribution is -2.44. The number of amides is 2. The zero-order valence-electron chi connectivity index (χ0n) is 17.6. The number of halogens is 2. The number of morpholine rings is 1. The fourth-order valence-corrected chi connectivity index (χ4v) is 3.75. The van der Waals surface area contributed by atoms with Crippen LogP contribution >= 0.6 is 23.2 Å². The maximum Gasteiger partial charge on any atom is 0.319 e. The van der Waals surface area contributed by atoms with E-state index in [2.05, 4.69) is 15.5 Å². The lowest BCUT2D eigenvalue weighted by Gasteiger charge is -2.35. The highest BCUT2D eigenvalue weighted by Gasteiger charge is 2.24. The van der Waals surface area contributed by atoms with Crippen molar-refractivity contribution in [1.29, 1.82) is 0 Å². The van der Waals surface area contributed by atoms with Gasteiger partial charge in [-0.2, -0.15) is 0 Å². The lowest BCUT2D eigenvalue weighted by molar-refractivity contribution is 0.0167. The predicted octanol–water partition coefficient (Wildman–Crippen LogP) is 4.60. The van der Waals surface area contributed by atoms with Gasteiger partial charge in [-0.15, -0.1) is 0 Å². The molecule has 168 valence electrons. The number of nitrogens with zero attached hydrogens (tertiary/aromatic N) is 1. The van der Waals surface area contributed by atoms with Crippen LogP contribution in [0.2, 0.25) is 10.0 Å². The summed E-state index contributed by atoms with van der Waals surface area (Å²) in [6, 6.07) is 10.5. The van der Waals surface area contributed by atoms with Gasteiger partial charge >= 0.3 is 6.03 Å². The van der Waals surface area contributed by atoms with Crippen molar-refractivity contribution < 1.29 is 19.0 Å². The van der Waals surface area contributed by atoms with Gasteiger partial charge in [-0.05, 0) is 42.8 Å². The molecule has 0 aliphatic carbocycles. The second-order valence-corrected chi connectivity index (χ2v) is 7.79. The van der Waals surface area contributed by atoms with E-state index in [0.717, 1.165) is 18.7 Å². The first-order valence-corrected chi connectivity index (χ1v) is 10.9. The monoisotopic (exact) mass is 467 g/mol. The van der Waals surface area contributed by atoms with Crippen molar-refractivity contribution in [1.82, 2.24) is 10.2 Å². The third-order valence-electron chi connectivity index (χ3n) is 4.99. The second kappa shape index (κ2) is 11.4. The molecule has 2 aromatic carbocycles. The van der Waals surface area contributed by atoms with Crippen molar-refractivity contribution in [3.05, 3.63) is 52.0 Å². The molecule has 9 heteroatoms. The van der Waals surface area contributed by atoms with E-state index >= 15 is 0 Å². The Balaban J connectivity index is 1.73. The summed E-state index contributed by atoms with van der Waals surface area (Å²) in [5, 5.41) is 6.56. The van der Waals surface area contributed by atoms with Crippen molar-refractivity contribution in [2.75, 3.05) is 51.9 Å². The van der Waals surface area contributed by atoms with Crippen LogP contribution in [0.3, 0.4) is 0 Å². The Morgan fingerprint density at radius 2 is 1.90 bits per heavy atom. The van der Waals surface area contributed by atoms with Crippen molar-refractivity contribution in [3.8, 4) is 11.5 Å². The summed E-state index contributed by atoms with van der Waals surface area (Å²) in [5.41, 5.74) is 1.59. The number of anilines is 1. The fourth-order valence-electron chi connectivity index (χ4n) is 3.45. The molecule has 1 aliphatic heterocycles. The first-order valence-electron chi connectivity index (χ1n) is 10.1. The number of carbonyl (C=O) groups excluding carboxylic acids is 1. The van der Waals surface area contributed by atoms with Gasteiger partial charge < -0.3 is 24.8 Å². The van der Waals surface area contributed by atoms with E-state index in [1.54, 1.807) is 25.3 Å². The minimum Gasteiger partial charge on any atom is -0.493 e. The molecule has 2 amide bonds. The molecule has 1 fully saturated rings. The average Bonchev–Trinajstić information content (AvgIpc) is 2.78. The number of hydrogen-bond acceptors (Lipinski definition) is 5. The van der Waals surface area contributed by atoms with Crippen LogP contribution in [-0.2, 0) is 4.74 Å². The summed E-state index contributed by atoms with van der Waals surface area (Å²) >= 11 is 12.0. The number of methoxy groups -OCH3 is 1. The molecule has 3 rings (SSSR count). The van der Waals surface area contributed by atoms with E-state index in [-0.39, 0.29) is 12.1 Å². The van der Waals surface area contributed by atoms with Gasteiger partial charge in [0.1, 0.15) is 0 Å². The Bertz CT molecular complexity index is 891. The molecule has 2 aromatic rings. The molecule has 2 N–H and O–H groups in total. The van der Waals surface area contributed by atoms with E-state index < -0.39 is 0 Å². The van der Waals surface area contributed by atoms with Crippen LogP contribution in [0.15, 0.2) is 36.4 Å². The van der Waals surface area contributed by atoms with Crippen molar-refractivity contribution in [2.45, 2.75) is 13.0 Å². The van der Waals surface area contributed by atoms with Crippen molar-refractivity contribution >= 4 is 34.9 Å². The van der Waals surface area contributed by atoms with Gasteiger partial charge in [-0.3, -0.25) is 4.90 Å². The summed E-state index contributed by atoms with van der Waals surface area (Å²) in [4.78, 5) is 14.8. The molecule has 31 heavy (non-hydrogen) atoms. The maximum absolute atomic E-state index is 12.5. The lowest BCUT2D eigenvalue weighted by atomic mass is 10.0. The van der Waals surface area contributed by atoms with Gasteiger partial charge in [-0.1, -0.05) is 29.3 Å². The quantitative estimate of drug-likeness (QED) is 0.593. The molecule has 0 spiro atoms. The zero-order chi connectivity index (χ0) is 22.2. The Hall–Kier alpha value is -2.19. The molecule has 1 atom stereocenters. The topological polar surface area (TPSA) is 72.1 Å². The molecule has 1 aliphatic rings. The summed E-state index contributed by atoms with van der Waals surface area (Å²) < 4.78 is 16.6. The van der Waals surface area contributed by atoms with E-state index in [0.29, 0.717) is 53.6 Å². The number of ether oxygens (including phenoxy) is 3. The molecular formula is C22H27Cl2N3O4. The van der Waals surface area contributed by atoms with Crippen LogP contribution in [0.5, 0.6) is 11.5 Å². The van der Waals surface area contributed by atoms with Crippen molar-refractivity contribution in [2.24, 2.45) is 0 Å².